The largest absolute Gasteiger partial charge is 0.317 e. The Morgan fingerprint density at radius 1 is 0.939 bits per heavy atom. The normalized spacial score (nSPS) is 12.6. The van der Waals surface area contributed by atoms with Crippen LogP contribution in [0.3, 0.4) is 0 Å². The third kappa shape index (κ3) is 6.07. The number of nitrogens with one attached hydrogen (secondary N) is 2. The molecule has 0 atom stereocenters. The second-order valence-electron chi connectivity index (χ2n) is 12.2. The van der Waals surface area contributed by atoms with Crippen LogP contribution in [0.1, 0.15) is 50.6 Å². The minimum absolute atomic E-state index is 0.00888. The number of thiophene rings is 1. The number of benzene rings is 3. The van der Waals surface area contributed by atoms with E-state index in [0.717, 1.165) is 58.2 Å². The number of para-hydroxylation sites is 1. The van der Waals surface area contributed by atoms with Gasteiger partial charge in [-0.15, -0.1) is 11.3 Å². The summed E-state index contributed by atoms with van der Waals surface area (Å²) in [5, 5.41) is 8.36. The van der Waals surface area contributed by atoms with Crippen LogP contribution in [0.15, 0.2) is 77.6 Å². The molecule has 0 spiro atoms. The average molecular weight is 711 g/mol. The molecule has 0 bridgehead atoms. The molecule has 3 aromatic heterocycles. The highest BCUT2D eigenvalue weighted by atomic mass is 35.5. The van der Waals surface area contributed by atoms with Gasteiger partial charge in [0.25, 0.3) is 11.5 Å². The van der Waals surface area contributed by atoms with Crippen molar-refractivity contribution >= 4 is 67.9 Å². The van der Waals surface area contributed by atoms with Crippen molar-refractivity contribution < 1.29 is 9.59 Å². The van der Waals surface area contributed by atoms with Crippen molar-refractivity contribution in [3.05, 3.63) is 126 Å². The Bertz CT molecular complexity index is 2340. The maximum atomic E-state index is 14.1. The summed E-state index contributed by atoms with van der Waals surface area (Å²) in [4.78, 5) is 47.6. The summed E-state index contributed by atoms with van der Waals surface area (Å²) < 4.78 is 3.25. The van der Waals surface area contributed by atoms with Crippen molar-refractivity contribution in [3.8, 4) is 16.8 Å². The molecule has 2 amide bonds. The van der Waals surface area contributed by atoms with Crippen molar-refractivity contribution in [1.82, 2.24) is 14.3 Å². The van der Waals surface area contributed by atoms with Gasteiger partial charge < -0.3 is 10.6 Å². The van der Waals surface area contributed by atoms with Gasteiger partial charge in [-0.1, -0.05) is 59.6 Å². The van der Waals surface area contributed by atoms with Gasteiger partial charge in [0.05, 0.1) is 28.9 Å². The second kappa shape index (κ2) is 13.3. The van der Waals surface area contributed by atoms with E-state index in [0.29, 0.717) is 43.2 Å². The van der Waals surface area contributed by atoms with Gasteiger partial charge in [0, 0.05) is 38.6 Å². The minimum Gasteiger partial charge on any atom is -0.317 e. The van der Waals surface area contributed by atoms with E-state index in [9.17, 15) is 14.4 Å². The predicted octanol–water partition coefficient (Wildman–Crippen LogP) is 8.69. The highest BCUT2D eigenvalue weighted by Crippen LogP contribution is 2.40. The Balaban J connectivity index is 1.25. The fourth-order valence-corrected chi connectivity index (χ4v) is 8.40. The van der Waals surface area contributed by atoms with Gasteiger partial charge in [0.15, 0.2) is 0 Å². The van der Waals surface area contributed by atoms with E-state index in [1.165, 1.54) is 16.0 Å². The maximum absolute atomic E-state index is 14.1. The first-order valence-corrected chi connectivity index (χ1v) is 17.6. The average Bonchev–Trinajstić information content (AvgIpc) is 3.55. The molecule has 1 aliphatic rings. The number of fused-ring (bicyclic) bond motifs is 2. The van der Waals surface area contributed by atoms with E-state index >= 15 is 0 Å². The molecular formula is C38H33Cl2N5O3S. The number of pyridine rings is 1. The molecular weight excluding hydrogens is 677 g/mol. The number of nitrogens with zero attached hydrogens (tertiary/aromatic N) is 3. The number of carbonyl (C=O) groups excluding carboxylic acids is 2. The first-order valence-electron chi connectivity index (χ1n) is 16.1. The first kappa shape index (κ1) is 32.8. The van der Waals surface area contributed by atoms with Crippen LogP contribution in [0.25, 0.3) is 27.7 Å². The van der Waals surface area contributed by atoms with Crippen LogP contribution in [-0.2, 0) is 31.1 Å². The zero-order valence-electron chi connectivity index (χ0n) is 27.2. The fraction of sp³-hybridized carbons (Fsp3) is 0.211. The summed E-state index contributed by atoms with van der Waals surface area (Å²) in [6.45, 7) is 3.68. The van der Waals surface area contributed by atoms with E-state index in [2.05, 4.69) is 10.6 Å². The fourth-order valence-electron chi connectivity index (χ4n) is 6.70. The van der Waals surface area contributed by atoms with Crippen LogP contribution in [-0.4, -0.2) is 26.2 Å². The molecule has 248 valence electrons. The quantitative estimate of drug-likeness (QED) is 0.173. The topological polar surface area (TPSA) is 98.0 Å². The highest BCUT2D eigenvalue weighted by molar-refractivity contribution is 7.17. The summed E-state index contributed by atoms with van der Waals surface area (Å²) in [5.74, 6) is -0.717. The molecule has 0 fully saturated rings. The summed E-state index contributed by atoms with van der Waals surface area (Å²) in [5.41, 5.74) is 6.23. The van der Waals surface area contributed by atoms with Gasteiger partial charge in [0.2, 0.25) is 5.91 Å². The van der Waals surface area contributed by atoms with Gasteiger partial charge in [-0.25, -0.2) is 4.68 Å². The van der Waals surface area contributed by atoms with Crippen molar-refractivity contribution in [3.63, 3.8) is 0 Å². The molecule has 0 radical (unpaired) electrons. The zero-order valence-corrected chi connectivity index (χ0v) is 29.5. The molecule has 3 aromatic carbocycles. The Morgan fingerprint density at radius 2 is 1.67 bits per heavy atom. The molecule has 0 aliphatic heterocycles. The Morgan fingerprint density at radius 3 is 2.45 bits per heavy atom. The molecule has 0 saturated carbocycles. The lowest BCUT2D eigenvalue weighted by molar-refractivity contribution is -0.115. The number of anilines is 2. The van der Waals surface area contributed by atoms with Crippen LogP contribution in [0.5, 0.6) is 0 Å². The molecule has 6 aromatic rings. The third-order valence-corrected chi connectivity index (χ3v) is 11.0. The van der Waals surface area contributed by atoms with E-state index < -0.39 is 5.91 Å². The zero-order chi connectivity index (χ0) is 34.4. The van der Waals surface area contributed by atoms with Gasteiger partial charge in [-0.2, -0.15) is 0 Å². The molecule has 7 rings (SSSR count). The van der Waals surface area contributed by atoms with Gasteiger partial charge in [-0.05, 0) is 92.6 Å². The molecule has 0 unspecified atom stereocenters. The van der Waals surface area contributed by atoms with Gasteiger partial charge in [-0.3, -0.25) is 24.0 Å². The van der Waals surface area contributed by atoms with E-state index in [4.69, 9.17) is 28.2 Å². The smallest absolute Gasteiger partial charge is 0.295 e. The van der Waals surface area contributed by atoms with Gasteiger partial charge in [0.1, 0.15) is 10.7 Å². The number of amides is 2. The van der Waals surface area contributed by atoms with Crippen molar-refractivity contribution in [1.29, 1.82) is 0 Å². The standard InChI is InChI=1S/C38H33Cl2N5O3S/c1-21-27(33(25-13-7-9-15-29(25)40)28-19-23(39)17-18-30(28)41-21)20-32(46)42-37-34(26-14-8-10-16-31(26)49-37)36(47)43-35-22(2)44(3)45(38(35)48)24-11-5-4-6-12-24/h4-7,9,11-13,15,17-19H,8,10,14,16,20H2,1-3H3,(H,42,46)(H,43,47). The third-order valence-electron chi connectivity index (χ3n) is 9.18. The second-order valence-corrected chi connectivity index (χ2v) is 14.2. The van der Waals surface area contributed by atoms with Gasteiger partial charge >= 0.3 is 0 Å². The summed E-state index contributed by atoms with van der Waals surface area (Å²) in [6, 6.07) is 22.3. The van der Waals surface area contributed by atoms with Crippen molar-refractivity contribution in [2.75, 3.05) is 10.6 Å². The van der Waals surface area contributed by atoms with Crippen LogP contribution in [0.4, 0.5) is 10.7 Å². The Kier molecular flexibility index (Phi) is 8.92. The predicted molar refractivity (Wildman–Crippen MR) is 199 cm³/mol. The summed E-state index contributed by atoms with van der Waals surface area (Å²) in [6.07, 6.45) is 3.48. The number of aromatic nitrogens is 3. The number of rotatable bonds is 7. The monoisotopic (exact) mass is 709 g/mol. The number of aryl methyl sites for hydroxylation is 2. The SMILES string of the molecule is Cc1nc2ccc(Cl)cc2c(-c2ccccc2Cl)c1CC(=O)Nc1sc2c(c1C(=O)Nc1c(C)n(C)n(-c3ccccc3)c1=O)CCCC2. The molecule has 3 heterocycles. The molecule has 1 aliphatic carbocycles. The maximum Gasteiger partial charge on any atom is 0.295 e. The first-order chi connectivity index (χ1) is 23.6. The summed E-state index contributed by atoms with van der Waals surface area (Å²) in [7, 11) is 1.78. The van der Waals surface area contributed by atoms with E-state index in [1.807, 2.05) is 73.7 Å². The van der Waals surface area contributed by atoms with E-state index in [-0.39, 0.29) is 23.6 Å². The van der Waals surface area contributed by atoms with Crippen molar-refractivity contribution in [2.45, 2.75) is 46.0 Å². The lowest BCUT2D eigenvalue weighted by atomic mass is 9.92. The number of carbonyl (C=O) groups is 2. The van der Waals surface area contributed by atoms with Crippen LogP contribution >= 0.6 is 34.5 Å². The van der Waals surface area contributed by atoms with E-state index in [1.54, 1.807) is 24.7 Å². The molecule has 11 heteroatoms. The lowest BCUT2D eigenvalue weighted by Crippen LogP contribution is -2.24. The lowest BCUT2D eigenvalue weighted by Gasteiger charge is -2.17. The number of halogens is 2. The summed E-state index contributed by atoms with van der Waals surface area (Å²) >= 11 is 14.6. The Labute approximate surface area is 297 Å². The molecule has 0 saturated heterocycles. The van der Waals surface area contributed by atoms with Crippen LogP contribution in [0, 0.1) is 13.8 Å². The molecule has 2 N–H and O–H groups in total. The van der Waals surface area contributed by atoms with Crippen molar-refractivity contribution in [2.24, 2.45) is 7.05 Å². The Hall–Kier alpha value is -4.70. The minimum atomic E-state index is -0.421. The molecule has 49 heavy (non-hydrogen) atoms. The number of hydrogen-bond acceptors (Lipinski definition) is 5. The van der Waals surface area contributed by atoms with Crippen LogP contribution < -0.4 is 16.2 Å². The highest BCUT2D eigenvalue weighted by Gasteiger charge is 2.29. The van der Waals surface area contributed by atoms with Crippen LogP contribution in [0.2, 0.25) is 10.0 Å². The molecule has 8 nitrogen and oxygen atoms in total. The number of hydrogen-bond donors (Lipinski definition) is 2.